The highest BCUT2D eigenvalue weighted by Gasteiger charge is 2.67. The summed E-state index contributed by atoms with van der Waals surface area (Å²) in [6.45, 7) is 2.65. The van der Waals surface area contributed by atoms with Crippen molar-refractivity contribution in [3.05, 3.63) is 18.2 Å². The summed E-state index contributed by atoms with van der Waals surface area (Å²) < 4.78 is 31.6. The molecule has 1 amide bonds. The Balaban J connectivity index is 1.88. The van der Waals surface area contributed by atoms with Gasteiger partial charge in [0.15, 0.2) is 0 Å². The van der Waals surface area contributed by atoms with Crippen LogP contribution in [0.5, 0.6) is 5.75 Å². The van der Waals surface area contributed by atoms with Gasteiger partial charge in [0.25, 0.3) is 0 Å². The fourth-order valence-corrected chi connectivity index (χ4v) is 5.52. The van der Waals surface area contributed by atoms with E-state index in [1.54, 1.807) is 13.0 Å². The van der Waals surface area contributed by atoms with Gasteiger partial charge in [-0.05, 0) is 44.4 Å². The van der Waals surface area contributed by atoms with Crippen LogP contribution >= 0.6 is 23.2 Å². The summed E-state index contributed by atoms with van der Waals surface area (Å²) in [6.07, 6.45) is 3.05. The molecule has 1 atom stereocenters. The van der Waals surface area contributed by atoms with E-state index in [1.165, 1.54) is 23.5 Å². The van der Waals surface area contributed by atoms with E-state index in [2.05, 4.69) is 5.32 Å². The van der Waals surface area contributed by atoms with Crippen molar-refractivity contribution in [2.24, 2.45) is 5.41 Å². The van der Waals surface area contributed by atoms with E-state index in [0.717, 1.165) is 19.3 Å². The van der Waals surface area contributed by atoms with Gasteiger partial charge in [0.1, 0.15) is 15.0 Å². The lowest BCUT2D eigenvalue weighted by atomic mass is 10.1. The molecular weight excluding hydrogens is 399 g/mol. The van der Waals surface area contributed by atoms with E-state index in [0.29, 0.717) is 25.2 Å². The summed E-state index contributed by atoms with van der Waals surface area (Å²) in [4.78, 5) is 12.5. The second-order valence-corrected chi connectivity index (χ2v) is 10.4. The number of carbonyl (C=O) groups is 1. The third-order valence-corrected chi connectivity index (χ3v) is 8.13. The highest BCUT2D eigenvalue weighted by Crippen LogP contribution is 2.64. The van der Waals surface area contributed by atoms with Gasteiger partial charge in [-0.3, -0.25) is 4.79 Å². The summed E-state index contributed by atoms with van der Waals surface area (Å²) in [5.74, 6) is -0.0933. The summed E-state index contributed by atoms with van der Waals surface area (Å²) in [6, 6.07) is 4.56. The largest absolute Gasteiger partial charge is 0.495 e. The van der Waals surface area contributed by atoms with Crippen molar-refractivity contribution >= 4 is 44.8 Å². The molecular formula is C17H22Cl2N2O4S. The number of carbonyl (C=O) groups excluding carboxylic acids is 1. The number of benzene rings is 1. The predicted molar refractivity (Wildman–Crippen MR) is 101 cm³/mol. The average molecular weight is 421 g/mol. The molecule has 0 spiro atoms. The normalized spacial score (nSPS) is 25.5. The van der Waals surface area contributed by atoms with Crippen LogP contribution in [0.3, 0.4) is 0 Å². The zero-order chi connectivity index (χ0) is 19.2. The predicted octanol–water partition coefficient (Wildman–Crippen LogP) is 3.39. The second-order valence-electron chi connectivity index (χ2n) is 7.00. The van der Waals surface area contributed by atoms with Crippen LogP contribution in [0.25, 0.3) is 0 Å². The maximum atomic E-state index is 13.0. The minimum Gasteiger partial charge on any atom is -0.495 e. The molecule has 1 N–H and O–H groups in total. The number of halogens is 2. The van der Waals surface area contributed by atoms with Crippen LogP contribution in [-0.2, 0) is 14.8 Å². The van der Waals surface area contributed by atoms with Gasteiger partial charge in [-0.25, -0.2) is 8.42 Å². The first kappa shape index (κ1) is 19.7. The maximum Gasteiger partial charge on any atom is 0.246 e. The van der Waals surface area contributed by atoms with E-state index >= 15 is 0 Å². The van der Waals surface area contributed by atoms with Crippen molar-refractivity contribution < 1.29 is 17.9 Å². The first-order chi connectivity index (χ1) is 12.1. The lowest BCUT2D eigenvalue weighted by Crippen LogP contribution is -2.35. The van der Waals surface area contributed by atoms with Gasteiger partial charge in [0.05, 0.1) is 12.5 Å². The standard InChI is InChI=1S/C17H22Cl2N2O4S/c1-16(11-17(16,18)19)15(22)20-12-6-7-13(25-2)14(10-12)26(23,24)21-8-4-3-5-9-21/h6-7,10H,3-5,8-9,11H2,1-2H3,(H,20,22)/t16-/m0/s1. The molecule has 3 rings (SSSR count). The smallest absolute Gasteiger partial charge is 0.246 e. The average Bonchev–Trinajstić information content (AvgIpc) is 3.15. The molecule has 6 nitrogen and oxygen atoms in total. The molecule has 0 bridgehead atoms. The third kappa shape index (κ3) is 3.42. The topological polar surface area (TPSA) is 75.7 Å². The number of ether oxygens (including phenoxy) is 1. The Labute approximate surface area is 163 Å². The molecule has 1 aromatic carbocycles. The van der Waals surface area contributed by atoms with E-state index < -0.39 is 19.8 Å². The number of nitrogens with zero attached hydrogens (tertiary/aromatic N) is 1. The van der Waals surface area contributed by atoms with Gasteiger partial charge in [-0.2, -0.15) is 4.31 Å². The van der Waals surface area contributed by atoms with Crippen molar-refractivity contribution in [3.63, 3.8) is 0 Å². The van der Waals surface area contributed by atoms with E-state index in [9.17, 15) is 13.2 Å². The number of hydrogen-bond donors (Lipinski definition) is 1. The van der Waals surface area contributed by atoms with Crippen molar-refractivity contribution in [1.29, 1.82) is 0 Å². The van der Waals surface area contributed by atoms with Gasteiger partial charge in [-0.1, -0.05) is 6.42 Å². The van der Waals surface area contributed by atoms with Crippen LogP contribution < -0.4 is 10.1 Å². The Bertz CT molecular complexity index is 822. The second kappa shape index (κ2) is 6.86. The number of methoxy groups -OCH3 is 1. The third-order valence-electron chi connectivity index (χ3n) is 5.11. The number of anilines is 1. The number of sulfonamides is 1. The van der Waals surface area contributed by atoms with Gasteiger partial charge >= 0.3 is 0 Å². The molecule has 1 aliphatic heterocycles. The Morgan fingerprint density at radius 3 is 2.38 bits per heavy atom. The van der Waals surface area contributed by atoms with Crippen LogP contribution in [0.2, 0.25) is 0 Å². The highest BCUT2D eigenvalue weighted by molar-refractivity contribution is 7.89. The van der Waals surface area contributed by atoms with Crippen molar-refractivity contribution in [1.82, 2.24) is 4.31 Å². The fourth-order valence-electron chi connectivity index (χ4n) is 3.12. The van der Waals surface area contributed by atoms with Gasteiger partial charge < -0.3 is 10.1 Å². The van der Waals surface area contributed by atoms with Crippen LogP contribution in [0, 0.1) is 5.41 Å². The molecule has 1 saturated carbocycles. The van der Waals surface area contributed by atoms with Crippen LogP contribution in [0.4, 0.5) is 5.69 Å². The zero-order valence-electron chi connectivity index (χ0n) is 14.7. The fraction of sp³-hybridized carbons (Fsp3) is 0.588. The number of hydrogen-bond acceptors (Lipinski definition) is 4. The molecule has 0 unspecified atom stereocenters. The molecule has 9 heteroatoms. The molecule has 1 aromatic rings. The maximum absolute atomic E-state index is 13.0. The van der Waals surface area contributed by atoms with Crippen molar-refractivity contribution in [3.8, 4) is 5.75 Å². The van der Waals surface area contributed by atoms with Crippen LogP contribution in [-0.4, -0.2) is 43.2 Å². The summed E-state index contributed by atoms with van der Waals surface area (Å²) in [5.41, 5.74) is -0.522. The summed E-state index contributed by atoms with van der Waals surface area (Å²) >= 11 is 12.1. The molecule has 2 aliphatic rings. The molecule has 26 heavy (non-hydrogen) atoms. The quantitative estimate of drug-likeness (QED) is 0.740. The Morgan fingerprint density at radius 2 is 1.85 bits per heavy atom. The Morgan fingerprint density at radius 1 is 1.23 bits per heavy atom. The van der Waals surface area contributed by atoms with E-state index in [-0.39, 0.29) is 16.6 Å². The minimum atomic E-state index is -3.70. The molecule has 1 heterocycles. The number of rotatable bonds is 5. The van der Waals surface area contributed by atoms with E-state index in [4.69, 9.17) is 27.9 Å². The summed E-state index contributed by atoms with van der Waals surface area (Å²) in [7, 11) is -2.28. The molecule has 1 aliphatic carbocycles. The first-order valence-electron chi connectivity index (χ1n) is 8.49. The Kier molecular flexibility index (Phi) is 5.20. The Hall–Kier alpha value is -1.02. The number of alkyl halides is 2. The monoisotopic (exact) mass is 420 g/mol. The first-order valence-corrected chi connectivity index (χ1v) is 10.7. The van der Waals surface area contributed by atoms with Crippen LogP contribution in [0.1, 0.15) is 32.6 Å². The number of piperidine rings is 1. The van der Waals surface area contributed by atoms with Gasteiger partial charge in [0, 0.05) is 18.8 Å². The van der Waals surface area contributed by atoms with Crippen LogP contribution in [0.15, 0.2) is 23.1 Å². The minimum absolute atomic E-state index is 0.0451. The molecule has 0 radical (unpaired) electrons. The number of nitrogens with one attached hydrogen (secondary N) is 1. The van der Waals surface area contributed by atoms with E-state index in [1.807, 2.05) is 0 Å². The van der Waals surface area contributed by atoms with Gasteiger partial charge in [0.2, 0.25) is 15.9 Å². The number of amides is 1. The molecule has 144 valence electrons. The van der Waals surface area contributed by atoms with Gasteiger partial charge in [-0.15, -0.1) is 23.2 Å². The van der Waals surface area contributed by atoms with Crippen molar-refractivity contribution in [2.75, 3.05) is 25.5 Å². The van der Waals surface area contributed by atoms with Crippen molar-refractivity contribution in [2.45, 2.75) is 41.8 Å². The molecule has 1 saturated heterocycles. The summed E-state index contributed by atoms with van der Waals surface area (Å²) in [5, 5.41) is 2.72. The highest BCUT2D eigenvalue weighted by atomic mass is 35.5. The zero-order valence-corrected chi connectivity index (χ0v) is 17.0. The molecule has 0 aromatic heterocycles. The molecule has 2 fully saturated rings. The lowest BCUT2D eigenvalue weighted by Gasteiger charge is -2.26. The lowest BCUT2D eigenvalue weighted by molar-refractivity contribution is -0.120. The SMILES string of the molecule is COc1ccc(NC(=O)[C@]2(C)CC2(Cl)Cl)cc1S(=O)(=O)N1CCCCC1.